The van der Waals surface area contributed by atoms with Crippen LogP contribution in [0.2, 0.25) is 0 Å². The summed E-state index contributed by atoms with van der Waals surface area (Å²) in [5.41, 5.74) is 5.86. The van der Waals surface area contributed by atoms with Crippen LogP contribution in [0.5, 0.6) is 0 Å². The molecule has 0 saturated heterocycles. The Bertz CT molecular complexity index is 692. The van der Waals surface area contributed by atoms with Gasteiger partial charge in [-0.15, -0.1) is 0 Å². The van der Waals surface area contributed by atoms with E-state index in [-0.39, 0.29) is 0 Å². The molecule has 2 heterocycles. The Hall–Kier alpha value is -1.80. The van der Waals surface area contributed by atoms with Crippen LogP contribution >= 0.6 is 0 Å². The van der Waals surface area contributed by atoms with E-state index in [0.717, 1.165) is 13.0 Å². The minimum absolute atomic E-state index is 0.407. The fourth-order valence-corrected chi connectivity index (χ4v) is 4.45. The number of hydrogen-bond donors (Lipinski definition) is 0. The van der Waals surface area contributed by atoms with Crippen molar-refractivity contribution in [1.82, 2.24) is 4.90 Å². The Balaban J connectivity index is 1.94. The van der Waals surface area contributed by atoms with Gasteiger partial charge in [0.05, 0.1) is 12.2 Å². The van der Waals surface area contributed by atoms with Crippen LogP contribution in [0.1, 0.15) is 36.6 Å². The third kappa shape index (κ3) is 1.90. The minimum atomic E-state index is 0.407. The number of nitrogens with zero attached hydrogens (tertiary/aromatic N) is 2. The zero-order valence-corrected chi connectivity index (χ0v) is 13.7. The molecule has 0 saturated carbocycles. The van der Waals surface area contributed by atoms with Gasteiger partial charge >= 0.3 is 0 Å². The van der Waals surface area contributed by atoms with Crippen LogP contribution in [0.25, 0.3) is 0 Å². The normalized spacial score (nSPS) is 23.9. The molecule has 0 aromatic heterocycles. The van der Waals surface area contributed by atoms with E-state index >= 15 is 0 Å². The molecule has 2 aromatic carbocycles. The monoisotopic (exact) mass is 292 g/mol. The molecule has 1 unspecified atom stereocenters. The molecule has 0 bridgehead atoms. The van der Waals surface area contributed by atoms with Crippen LogP contribution in [0.4, 0.5) is 5.69 Å². The van der Waals surface area contributed by atoms with Gasteiger partial charge in [0, 0.05) is 19.3 Å². The van der Waals surface area contributed by atoms with E-state index in [2.05, 4.69) is 79.2 Å². The first-order valence-corrected chi connectivity index (χ1v) is 8.34. The Morgan fingerprint density at radius 2 is 1.64 bits per heavy atom. The van der Waals surface area contributed by atoms with Crippen molar-refractivity contribution in [3.63, 3.8) is 0 Å². The summed E-state index contributed by atoms with van der Waals surface area (Å²) in [5.74, 6) is 0.603. The largest absolute Gasteiger partial charge is 0.358 e. The summed E-state index contributed by atoms with van der Waals surface area (Å²) in [6.07, 6.45) is 1.62. The standard InChI is InChI=1S/C20H24N2/c1-14(2)20-21(3)18-11-7-6-10-17(18)19-16-9-5-4-8-15(16)12-13-22(19)20/h4-11,14,19-20H,12-13H2,1-3H3/t19-,20?/m1/s1. The Kier molecular flexibility index (Phi) is 3.23. The molecule has 0 spiro atoms. The third-order valence-corrected chi connectivity index (χ3v) is 5.26. The number of anilines is 1. The molecule has 2 nitrogen and oxygen atoms in total. The van der Waals surface area contributed by atoms with Gasteiger partial charge in [0.1, 0.15) is 0 Å². The van der Waals surface area contributed by atoms with E-state index in [9.17, 15) is 0 Å². The van der Waals surface area contributed by atoms with Gasteiger partial charge in [0.15, 0.2) is 0 Å². The van der Waals surface area contributed by atoms with Gasteiger partial charge in [0.2, 0.25) is 0 Å². The maximum Gasteiger partial charge on any atom is 0.0848 e. The van der Waals surface area contributed by atoms with Crippen LogP contribution in [0, 0.1) is 5.92 Å². The molecule has 22 heavy (non-hydrogen) atoms. The zero-order chi connectivity index (χ0) is 15.3. The van der Waals surface area contributed by atoms with E-state index in [1.165, 1.54) is 22.4 Å². The quantitative estimate of drug-likeness (QED) is 0.782. The van der Waals surface area contributed by atoms with E-state index in [1.807, 2.05) is 0 Å². The maximum absolute atomic E-state index is 2.70. The number of rotatable bonds is 1. The SMILES string of the molecule is CC(C)C1N(C)c2ccccc2[C@H]2c3ccccc3CCN12. The molecule has 2 aromatic rings. The van der Waals surface area contributed by atoms with Crippen LogP contribution in [-0.2, 0) is 6.42 Å². The molecular weight excluding hydrogens is 268 g/mol. The molecule has 4 rings (SSSR count). The predicted molar refractivity (Wildman–Crippen MR) is 92.2 cm³/mol. The molecular formula is C20H24N2. The highest BCUT2D eigenvalue weighted by Gasteiger charge is 2.41. The van der Waals surface area contributed by atoms with Crippen LogP contribution in [-0.4, -0.2) is 24.7 Å². The maximum atomic E-state index is 2.70. The first-order valence-electron chi connectivity index (χ1n) is 8.34. The van der Waals surface area contributed by atoms with E-state index < -0.39 is 0 Å². The van der Waals surface area contributed by atoms with Gasteiger partial charge < -0.3 is 4.90 Å². The lowest BCUT2D eigenvalue weighted by molar-refractivity contribution is 0.101. The highest BCUT2D eigenvalue weighted by atomic mass is 15.4. The average Bonchev–Trinajstić information content (AvgIpc) is 2.54. The summed E-state index contributed by atoms with van der Waals surface area (Å²) in [6.45, 7) is 5.82. The topological polar surface area (TPSA) is 6.48 Å². The molecule has 2 atom stereocenters. The summed E-state index contributed by atoms with van der Waals surface area (Å²) in [6, 6.07) is 18.3. The van der Waals surface area contributed by atoms with Crippen molar-refractivity contribution in [3.8, 4) is 0 Å². The number of hydrogen-bond acceptors (Lipinski definition) is 2. The summed E-state index contributed by atoms with van der Waals surface area (Å²) in [4.78, 5) is 5.18. The molecule has 0 aliphatic carbocycles. The van der Waals surface area contributed by atoms with Crippen LogP contribution < -0.4 is 4.90 Å². The van der Waals surface area contributed by atoms with Crippen LogP contribution in [0.15, 0.2) is 48.5 Å². The number of benzene rings is 2. The summed E-state index contributed by atoms with van der Waals surface area (Å²) < 4.78 is 0. The second kappa shape index (κ2) is 5.13. The highest BCUT2D eigenvalue weighted by Crippen LogP contribution is 2.45. The lowest BCUT2D eigenvalue weighted by Gasteiger charge is -2.52. The molecule has 0 N–H and O–H groups in total. The van der Waals surface area contributed by atoms with Crippen LogP contribution in [0.3, 0.4) is 0 Å². The Morgan fingerprint density at radius 3 is 2.41 bits per heavy atom. The van der Waals surface area contributed by atoms with Crippen molar-refractivity contribution in [3.05, 3.63) is 65.2 Å². The van der Waals surface area contributed by atoms with E-state index in [4.69, 9.17) is 0 Å². The lowest BCUT2D eigenvalue weighted by Crippen LogP contribution is -2.57. The second-order valence-electron chi connectivity index (χ2n) is 6.92. The van der Waals surface area contributed by atoms with Gasteiger partial charge in [-0.2, -0.15) is 0 Å². The fraction of sp³-hybridized carbons (Fsp3) is 0.400. The lowest BCUT2D eigenvalue weighted by atomic mass is 9.83. The van der Waals surface area contributed by atoms with Gasteiger partial charge in [-0.25, -0.2) is 0 Å². The average molecular weight is 292 g/mol. The Morgan fingerprint density at radius 1 is 0.955 bits per heavy atom. The minimum Gasteiger partial charge on any atom is -0.358 e. The zero-order valence-electron chi connectivity index (χ0n) is 13.7. The molecule has 2 heteroatoms. The van der Waals surface area contributed by atoms with Gasteiger partial charge in [-0.3, -0.25) is 4.90 Å². The van der Waals surface area contributed by atoms with Crippen molar-refractivity contribution in [1.29, 1.82) is 0 Å². The first kappa shape index (κ1) is 13.8. The van der Waals surface area contributed by atoms with Crippen molar-refractivity contribution in [2.45, 2.75) is 32.5 Å². The molecule has 114 valence electrons. The highest BCUT2D eigenvalue weighted by molar-refractivity contribution is 5.60. The fourth-order valence-electron chi connectivity index (χ4n) is 4.45. The predicted octanol–water partition coefficient (Wildman–Crippen LogP) is 4.07. The number of fused-ring (bicyclic) bond motifs is 5. The van der Waals surface area contributed by atoms with Gasteiger partial charge in [-0.05, 0) is 35.1 Å². The van der Waals surface area contributed by atoms with E-state index in [0.29, 0.717) is 18.1 Å². The van der Waals surface area contributed by atoms with E-state index in [1.54, 1.807) is 0 Å². The molecule has 0 fully saturated rings. The molecule has 2 aliphatic rings. The molecule has 0 amide bonds. The first-order chi connectivity index (χ1) is 10.7. The molecule has 0 radical (unpaired) electrons. The smallest absolute Gasteiger partial charge is 0.0848 e. The van der Waals surface area contributed by atoms with Gasteiger partial charge in [-0.1, -0.05) is 56.3 Å². The van der Waals surface area contributed by atoms with Crippen molar-refractivity contribution < 1.29 is 0 Å². The molecule has 2 aliphatic heterocycles. The van der Waals surface area contributed by atoms with Crippen molar-refractivity contribution in [2.24, 2.45) is 5.92 Å². The third-order valence-electron chi connectivity index (χ3n) is 5.26. The summed E-state index contributed by atoms with van der Waals surface area (Å²) >= 11 is 0. The van der Waals surface area contributed by atoms with Crippen molar-refractivity contribution in [2.75, 3.05) is 18.5 Å². The summed E-state index contributed by atoms with van der Waals surface area (Å²) in [5, 5.41) is 0. The second-order valence-corrected chi connectivity index (χ2v) is 6.92. The Labute approximate surface area is 133 Å². The summed E-state index contributed by atoms with van der Waals surface area (Å²) in [7, 11) is 2.25. The van der Waals surface area contributed by atoms with Crippen molar-refractivity contribution >= 4 is 5.69 Å². The van der Waals surface area contributed by atoms with Gasteiger partial charge in [0.25, 0.3) is 0 Å². The number of para-hydroxylation sites is 1.